The predicted molar refractivity (Wildman–Crippen MR) is 144 cm³/mol. The second-order valence-electron chi connectivity index (χ2n) is 9.71. The molecule has 0 bridgehead atoms. The second kappa shape index (κ2) is 12.6. The number of nitrogens with zero attached hydrogens (tertiary/aromatic N) is 3. The molecule has 194 valence electrons. The van der Waals surface area contributed by atoms with E-state index in [2.05, 4.69) is 22.5 Å². The van der Waals surface area contributed by atoms with E-state index in [0.717, 1.165) is 40.0 Å². The molecule has 1 saturated heterocycles. The second-order valence-corrected chi connectivity index (χ2v) is 9.71. The van der Waals surface area contributed by atoms with Crippen LogP contribution in [-0.2, 0) is 20.8 Å². The number of rotatable bonds is 9. The number of nitrogens with one attached hydrogen (secondary N) is 2. The molecular formula is C28H39N5O3. The molecule has 0 radical (unpaired) electrons. The molecule has 0 atom stereocenters. The van der Waals surface area contributed by atoms with E-state index in [-0.39, 0.29) is 30.8 Å². The average Bonchev–Trinajstić information content (AvgIpc) is 2.82. The highest BCUT2D eigenvalue weighted by Gasteiger charge is 2.24. The number of piperazine rings is 1. The molecule has 0 saturated carbocycles. The quantitative estimate of drug-likeness (QED) is 0.561. The van der Waals surface area contributed by atoms with Crippen LogP contribution in [0.4, 0.5) is 11.4 Å². The average molecular weight is 494 g/mol. The van der Waals surface area contributed by atoms with Crippen LogP contribution in [0.2, 0.25) is 0 Å². The zero-order valence-corrected chi connectivity index (χ0v) is 22.2. The molecule has 2 aromatic carbocycles. The maximum atomic E-state index is 12.8. The Labute approximate surface area is 214 Å². The molecule has 1 aliphatic rings. The van der Waals surface area contributed by atoms with Crippen molar-refractivity contribution in [3.63, 3.8) is 0 Å². The lowest BCUT2D eigenvalue weighted by molar-refractivity contribution is -0.134. The predicted octanol–water partition coefficient (Wildman–Crippen LogP) is 2.83. The molecule has 36 heavy (non-hydrogen) atoms. The van der Waals surface area contributed by atoms with Crippen LogP contribution < -0.4 is 10.6 Å². The normalized spacial score (nSPS) is 14.1. The van der Waals surface area contributed by atoms with Crippen LogP contribution in [-0.4, -0.2) is 85.3 Å². The summed E-state index contributed by atoms with van der Waals surface area (Å²) in [4.78, 5) is 43.5. The Kier molecular flexibility index (Phi) is 9.61. The van der Waals surface area contributed by atoms with E-state index in [0.29, 0.717) is 32.7 Å². The Morgan fingerprint density at radius 1 is 0.889 bits per heavy atom. The van der Waals surface area contributed by atoms with Crippen LogP contribution in [0.3, 0.4) is 0 Å². The Bertz CT molecular complexity index is 1070. The van der Waals surface area contributed by atoms with Crippen molar-refractivity contribution in [3.8, 4) is 0 Å². The lowest BCUT2D eigenvalue weighted by atomic mass is 10.1. The van der Waals surface area contributed by atoms with Crippen molar-refractivity contribution in [1.29, 1.82) is 0 Å². The van der Waals surface area contributed by atoms with Gasteiger partial charge < -0.3 is 15.5 Å². The topological polar surface area (TPSA) is 85.0 Å². The Balaban J connectivity index is 1.41. The minimum absolute atomic E-state index is 0.00558. The van der Waals surface area contributed by atoms with Gasteiger partial charge in [0.05, 0.1) is 19.6 Å². The van der Waals surface area contributed by atoms with E-state index in [1.165, 1.54) is 0 Å². The van der Waals surface area contributed by atoms with Crippen LogP contribution in [0, 0.1) is 20.8 Å². The van der Waals surface area contributed by atoms with Gasteiger partial charge in [0.1, 0.15) is 0 Å². The minimum Gasteiger partial charge on any atom is -0.339 e. The van der Waals surface area contributed by atoms with Gasteiger partial charge in [0, 0.05) is 37.6 Å². The molecule has 3 amide bonds. The molecule has 2 aromatic rings. The molecule has 8 heteroatoms. The Morgan fingerprint density at radius 3 is 2.17 bits per heavy atom. The third kappa shape index (κ3) is 7.63. The SMILES string of the molecule is CCc1ccccc1NC(=O)CN1CCN(C(=O)CN(C)CC(=O)Nc2c(C)cc(C)cc2C)CC1. The summed E-state index contributed by atoms with van der Waals surface area (Å²) in [5.74, 6) is -0.185. The van der Waals surface area contributed by atoms with Gasteiger partial charge in [-0.25, -0.2) is 0 Å². The summed E-state index contributed by atoms with van der Waals surface area (Å²) < 4.78 is 0. The molecular weight excluding hydrogens is 454 g/mol. The molecule has 1 heterocycles. The highest BCUT2D eigenvalue weighted by Crippen LogP contribution is 2.22. The van der Waals surface area contributed by atoms with Crippen molar-refractivity contribution >= 4 is 29.1 Å². The number of benzene rings is 2. The first-order chi connectivity index (χ1) is 17.2. The van der Waals surface area contributed by atoms with Crippen LogP contribution in [0.1, 0.15) is 29.2 Å². The van der Waals surface area contributed by atoms with Gasteiger partial charge >= 0.3 is 0 Å². The molecule has 0 aliphatic carbocycles. The molecule has 1 aliphatic heterocycles. The van der Waals surface area contributed by atoms with Gasteiger partial charge in [-0.2, -0.15) is 0 Å². The van der Waals surface area contributed by atoms with Gasteiger partial charge in [0.15, 0.2) is 0 Å². The zero-order chi connectivity index (χ0) is 26.2. The molecule has 0 aromatic heterocycles. The Hall–Kier alpha value is -3.23. The standard InChI is InChI=1S/C28H39N5O3/c1-6-23-9-7-8-10-24(23)29-26(35)18-32-11-13-33(14-12-32)27(36)19-31(5)17-25(34)30-28-21(3)15-20(2)16-22(28)4/h7-10,15-16H,6,11-14,17-19H2,1-5H3,(H,29,35)(H,30,34). The number of hydrogen-bond donors (Lipinski definition) is 2. The van der Waals surface area contributed by atoms with Gasteiger partial charge in [0.25, 0.3) is 0 Å². The first-order valence-electron chi connectivity index (χ1n) is 12.6. The third-order valence-corrected chi connectivity index (χ3v) is 6.52. The van der Waals surface area contributed by atoms with Gasteiger partial charge in [-0.05, 0) is 57.0 Å². The summed E-state index contributed by atoms with van der Waals surface area (Å²) in [6.45, 7) is 11.1. The summed E-state index contributed by atoms with van der Waals surface area (Å²) in [6.07, 6.45) is 0.860. The van der Waals surface area contributed by atoms with Crippen molar-refractivity contribution in [2.24, 2.45) is 0 Å². The third-order valence-electron chi connectivity index (χ3n) is 6.52. The van der Waals surface area contributed by atoms with E-state index in [4.69, 9.17) is 0 Å². The van der Waals surface area contributed by atoms with Crippen molar-refractivity contribution in [3.05, 3.63) is 58.7 Å². The lowest BCUT2D eigenvalue weighted by Crippen LogP contribution is -2.52. The molecule has 0 unspecified atom stereocenters. The zero-order valence-electron chi connectivity index (χ0n) is 22.2. The highest BCUT2D eigenvalue weighted by atomic mass is 16.2. The monoisotopic (exact) mass is 493 g/mol. The highest BCUT2D eigenvalue weighted by molar-refractivity contribution is 5.94. The molecule has 1 fully saturated rings. The maximum Gasteiger partial charge on any atom is 0.238 e. The van der Waals surface area contributed by atoms with E-state index in [1.807, 2.05) is 62.1 Å². The number of para-hydroxylation sites is 1. The van der Waals surface area contributed by atoms with E-state index >= 15 is 0 Å². The van der Waals surface area contributed by atoms with E-state index < -0.39 is 0 Å². The summed E-state index contributed by atoms with van der Waals surface area (Å²) in [6, 6.07) is 11.9. The minimum atomic E-state index is -0.138. The fraction of sp³-hybridized carbons (Fsp3) is 0.464. The van der Waals surface area contributed by atoms with E-state index in [9.17, 15) is 14.4 Å². The number of aryl methyl sites for hydroxylation is 4. The first kappa shape index (κ1) is 27.4. The molecule has 2 N–H and O–H groups in total. The Morgan fingerprint density at radius 2 is 1.53 bits per heavy atom. The number of carbonyl (C=O) groups is 3. The summed E-state index contributed by atoms with van der Waals surface area (Å²) >= 11 is 0. The number of amides is 3. The summed E-state index contributed by atoms with van der Waals surface area (Å²) in [5, 5.41) is 6.00. The fourth-order valence-electron chi connectivity index (χ4n) is 4.69. The van der Waals surface area contributed by atoms with Crippen molar-refractivity contribution in [1.82, 2.24) is 14.7 Å². The molecule has 8 nitrogen and oxygen atoms in total. The van der Waals surface area contributed by atoms with Crippen LogP contribution in [0.5, 0.6) is 0 Å². The van der Waals surface area contributed by atoms with Crippen molar-refractivity contribution in [2.75, 3.05) is 63.5 Å². The van der Waals surface area contributed by atoms with Gasteiger partial charge in [0.2, 0.25) is 17.7 Å². The van der Waals surface area contributed by atoms with Gasteiger partial charge in [-0.1, -0.05) is 42.8 Å². The van der Waals surface area contributed by atoms with Gasteiger partial charge in [-0.3, -0.25) is 24.2 Å². The van der Waals surface area contributed by atoms with Crippen LogP contribution >= 0.6 is 0 Å². The van der Waals surface area contributed by atoms with E-state index in [1.54, 1.807) is 11.9 Å². The van der Waals surface area contributed by atoms with Crippen LogP contribution in [0.15, 0.2) is 36.4 Å². The largest absolute Gasteiger partial charge is 0.339 e. The smallest absolute Gasteiger partial charge is 0.238 e. The van der Waals surface area contributed by atoms with Crippen molar-refractivity contribution < 1.29 is 14.4 Å². The molecule has 3 rings (SSSR count). The van der Waals surface area contributed by atoms with Crippen molar-refractivity contribution in [2.45, 2.75) is 34.1 Å². The maximum absolute atomic E-state index is 12.8. The fourth-order valence-corrected chi connectivity index (χ4v) is 4.69. The lowest BCUT2D eigenvalue weighted by Gasteiger charge is -2.35. The van der Waals surface area contributed by atoms with Gasteiger partial charge in [-0.15, -0.1) is 0 Å². The molecule has 0 spiro atoms. The number of likely N-dealkylation sites (N-methyl/N-ethyl adjacent to an activating group) is 1. The summed E-state index contributed by atoms with van der Waals surface area (Å²) in [7, 11) is 1.78. The number of anilines is 2. The van der Waals surface area contributed by atoms with Crippen LogP contribution in [0.25, 0.3) is 0 Å². The number of carbonyl (C=O) groups excluding carboxylic acids is 3. The summed E-state index contributed by atoms with van der Waals surface area (Å²) in [5.41, 5.74) is 6.03. The first-order valence-corrected chi connectivity index (χ1v) is 12.6. The number of hydrogen-bond acceptors (Lipinski definition) is 5.